The van der Waals surface area contributed by atoms with Crippen molar-refractivity contribution in [3.05, 3.63) is 77.6 Å². The summed E-state index contributed by atoms with van der Waals surface area (Å²) in [5.74, 6) is -0.323. The Kier molecular flexibility index (Phi) is 4.99. The molecule has 0 atom stereocenters. The molecule has 0 fully saturated rings. The number of aromatic nitrogens is 1. The smallest absolute Gasteiger partial charge is 0.262 e. The van der Waals surface area contributed by atoms with Crippen LogP contribution in [-0.2, 0) is 4.79 Å². The highest BCUT2D eigenvalue weighted by atomic mass is 19.1. The zero-order chi connectivity index (χ0) is 20.4. The van der Waals surface area contributed by atoms with Crippen LogP contribution >= 0.6 is 0 Å². The molecule has 0 aliphatic carbocycles. The third kappa shape index (κ3) is 4.11. The highest BCUT2D eigenvalue weighted by Gasteiger charge is 2.11. The van der Waals surface area contributed by atoms with E-state index in [-0.39, 0.29) is 18.3 Å². The number of rotatable bonds is 5. The average Bonchev–Trinajstić information content (AvgIpc) is 3.12. The molecule has 0 unspecified atom stereocenters. The molecule has 1 amide bonds. The summed E-state index contributed by atoms with van der Waals surface area (Å²) >= 11 is 0. The zero-order valence-electron chi connectivity index (χ0n) is 16.0. The largest absolute Gasteiger partial charge is 0.481 e. The summed E-state index contributed by atoms with van der Waals surface area (Å²) < 4.78 is 24.6. The van der Waals surface area contributed by atoms with E-state index in [0.717, 1.165) is 27.8 Å². The maximum Gasteiger partial charge on any atom is 0.262 e. The van der Waals surface area contributed by atoms with E-state index in [4.69, 9.17) is 9.15 Å². The fourth-order valence-electron chi connectivity index (χ4n) is 3.10. The number of nitrogens with one attached hydrogen (secondary N) is 1. The van der Waals surface area contributed by atoms with Crippen LogP contribution < -0.4 is 10.1 Å². The molecule has 1 aromatic heterocycles. The highest BCUT2D eigenvalue weighted by molar-refractivity contribution is 5.92. The lowest BCUT2D eigenvalue weighted by Gasteiger charge is -2.08. The molecule has 1 N–H and O–H groups in total. The molecular formula is C23H19FN2O3. The fourth-order valence-corrected chi connectivity index (χ4v) is 3.10. The number of hydrogen-bond donors (Lipinski definition) is 1. The lowest BCUT2D eigenvalue weighted by Crippen LogP contribution is -2.20. The van der Waals surface area contributed by atoms with Crippen molar-refractivity contribution in [1.29, 1.82) is 0 Å². The van der Waals surface area contributed by atoms with E-state index in [1.807, 2.05) is 32.0 Å². The Morgan fingerprint density at radius 2 is 1.86 bits per heavy atom. The molecule has 0 saturated heterocycles. The van der Waals surface area contributed by atoms with E-state index in [9.17, 15) is 9.18 Å². The van der Waals surface area contributed by atoms with E-state index in [1.165, 1.54) is 12.1 Å². The molecule has 0 spiro atoms. The number of nitrogens with zero attached hydrogens (tertiary/aromatic N) is 1. The Bertz CT molecular complexity index is 1180. The fraction of sp³-hybridized carbons (Fsp3) is 0.130. The monoisotopic (exact) mass is 390 g/mol. The summed E-state index contributed by atoms with van der Waals surface area (Å²) in [5.41, 5.74) is 5.16. The number of benzene rings is 3. The van der Waals surface area contributed by atoms with Gasteiger partial charge in [-0.25, -0.2) is 9.37 Å². The van der Waals surface area contributed by atoms with Crippen LogP contribution in [-0.4, -0.2) is 17.5 Å². The number of amides is 1. The Hall–Kier alpha value is -3.67. The van der Waals surface area contributed by atoms with Crippen molar-refractivity contribution in [1.82, 2.24) is 4.98 Å². The van der Waals surface area contributed by atoms with Gasteiger partial charge in [0.15, 0.2) is 23.8 Å². The summed E-state index contributed by atoms with van der Waals surface area (Å²) in [6.07, 6.45) is 0. The molecule has 0 saturated carbocycles. The topological polar surface area (TPSA) is 64.4 Å². The summed E-state index contributed by atoms with van der Waals surface area (Å²) in [6, 6.07) is 17.1. The maximum atomic E-state index is 13.5. The molecule has 4 aromatic rings. The molecular weight excluding hydrogens is 371 g/mol. The Morgan fingerprint density at radius 1 is 1.10 bits per heavy atom. The molecule has 6 heteroatoms. The first-order chi connectivity index (χ1) is 14.0. The first kappa shape index (κ1) is 18.7. The zero-order valence-corrected chi connectivity index (χ0v) is 16.0. The average molecular weight is 390 g/mol. The van der Waals surface area contributed by atoms with Gasteiger partial charge in [0, 0.05) is 11.3 Å². The van der Waals surface area contributed by atoms with Gasteiger partial charge in [-0.05, 0) is 67.4 Å². The molecule has 29 heavy (non-hydrogen) atoms. The van der Waals surface area contributed by atoms with Crippen LogP contribution in [0.5, 0.6) is 5.75 Å². The third-order valence-electron chi connectivity index (χ3n) is 4.43. The van der Waals surface area contributed by atoms with Gasteiger partial charge >= 0.3 is 0 Å². The van der Waals surface area contributed by atoms with E-state index in [1.54, 1.807) is 24.3 Å². The van der Waals surface area contributed by atoms with Crippen LogP contribution in [0.25, 0.3) is 22.6 Å². The van der Waals surface area contributed by atoms with Crippen LogP contribution in [0.3, 0.4) is 0 Å². The second kappa shape index (κ2) is 7.75. The van der Waals surface area contributed by atoms with Gasteiger partial charge in [-0.1, -0.05) is 18.2 Å². The van der Waals surface area contributed by atoms with E-state index in [0.29, 0.717) is 11.6 Å². The quantitative estimate of drug-likeness (QED) is 0.504. The van der Waals surface area contributed by atoms with Gasteiger partial charge < -0.3 is 14.5 Å². The van der Waals surface area contributed by atoms with Crippen LogP contribution in [0.2, 0.25) is 0 Å². The van der Waals surface area contributed by atoms with E-state index < -0.39 is 5.82 Å². The summed E-state index contributed by atoms with van der Waals surface area (Å²) in [4.78, 5) is 16.6. The number of halogens is 1. The minimum atomic E-state index is -0.506. The van der Waals surface area contributed by atoms with Crippen LogP contribution in [0, 0.1) is 19.7 Å². The number of anilines is 1. The summed E-state index contributed by atoms with van der Waals surface area (Å²) in [5, 5.41) is 2.72. The van der Waals surface area contributed by atoms with Crippen LogP contribution in [0.1, 0.15) is 11.1 Å². The van der Waals surface area contributed by atoms with Crippen LogP contribution in [0.4, 0.5) is 10.1 Å². The van der Waals surface area contributed by atoms with E-state index in [2.05, 4.69) is 16.4 Å². The highest BCUT2D eigenvalue weighted by Crippen LogP contribution is 2.28. The standard InChI is InChI=1S/C23H19FN2O3/c1-14-11-15(2)22-19(12-14)26-23(29-22)16-7-9-17(10-8-16)25-21(27)13-28-20-6-4-3-5-18(20)24/h3-12H,13H2,1-2H3,(H,25,27). The van der Waals surface area contributed by atoms with Crippen molar-refractivity contribution >= 4 is 22.7 Å². The number of carbonyl (C=O) groups is 1. The molecule has 0 aliphatic heterocycles. The van der Waals surface area contributed by atoms with Gasteiger partial charge in [0.2, 0.25) is 5.89 Å². The molecule has 146 valence electrons. The molecule has 5 nitrogen and oxygen atoms in total. The van der Waals surface area contributed by atoms with Gasteiger partial charge in [0.05, 0.1) is 0 Å². The minimum absolute atomic E-state index is 0.0412. The second-order valence-corrected chi connectivity index (χ2v) is 6.79. The SMILES string of the molecule is Cc1cc(C)c2oc(-c3ccc(NC(=O)COc4ccccc4F)cc3)nc2c1. The first-order valence-electron chi connectivity index (χ1n) is 9.15. The van der Waals surface area contributed by atoms with E-state index >= 15 is 0 Å². The van der Waals surface area contributed by atoms with Crippen LogP contribution in [0.15, 0.2) is 65.1 Å². The lowest BCUT2D eigenvalue weighted by molar-refractivity contribution is -0.118. The predicted octanol–water partition coefficient (Wildman–Crippen LogP) is 5.27. The number of ether oxygens (including phenoxy) is 1. The third-order valence-corrected chi connectivity index (χ3v) is 4.43. The normalized spacial score (nSPS) is 10.9. The minimum Gasteiger partial charge on any atom is -0.481 e. The van der Waals surface area contributed by atoms with Crippen molar-refractivity contribution in [3.63, 3.8) is 0 Å². The predicted molar refractivity (Wildman–Crippen MR) is 109 cm³/mol. The van der Waals surface area contributed by atoms with Crippen molar-refractivity contribution in [2.75, 3.05) is 11.9 Å². The first-order valence-corrected chi connectivity index (χ1v) is 9.15. The molecule has 0 bridgehead atoms. The maximum absolute atomic E-state index is 13.5. The number of hydrogen-bond acceptors (Lipinski definition) is 4. The van der Waals surface area contributed by atoms with Crippen molar-refractivity contribution in [2.24, 2.45) is 0 Å². The Labute approximate surface area is 167 Å². The molecule has 1 heterocycles. The number of carbonyl (C=O) groups excluding carboxylic acids is 1. The second-order valence-electron chi connectivity index (χ2n) is 6.79. The van der Waals surface area contributed by atoms with Gasteiger partial charge in [0.1, 0.15) is 5.52 Å². The lowest BCUT2D eigenvalue weighted by atomic mass is 10.1. The molecule has 0 radical (unpaired) electrons. The van der Waals surface area contributed by atoms with Gasteiger partial charge in [0.25, 0.3) is 5.91 Å². The Balaban J connectivity index is 1.43. The number of fused-ring (bicyclic) bond motifs is 1. The Morgan fingerprint density at radius 3 is 2.62 bits per heavy atom. The van der Waals surface area contributed by atoms with Gasteiger partial charge in [-0.2, -0.15) is 0 Å². The number of oxazole rings is 1. The molecule has 0 aliphatic rings. The summed E-state index contributed by atoms with van der Waals surface area (Å²) in [7, 11) is 0. The number of aryl methyl sites for hydroxylation is 2. The summed E-state index contributed by atoms with van der Waals surface area (Å²) in [6.45, 7) is 3.73. The van der Waals surface area contributed by atoms with Gasteiger partial charge in [-0.3, -0.25) is 4.79 Å². The van der Waals surface area contributed by atoms with Crippen molar-refractivity contribution in [2.45, 2.75) is 13.8 Å². The van der Waals surface area contributed by atoms with Crippen molar-refractivity contribution in [3.8, 4) is 17.2 Å². The molecule has 4 rings (SSSR count). The van der Waals surface area contributed by atoms with Gasteiger partial charge in [-0.15, -0.1) is 0 Å². The molecule has 3 aromatic carbocycles. The van der Waals surface area contributed by atoms with Crippen molar-refractivity contribution < 1.29 is 18.3 Å². The number of para-hydroxylation sites is 1.